The average molecular weight is 109 g/mol. The predicted molar refractivity (Wildman–Crippen MR) is 33.2 cm³/mol. The Kier molecular flexibility index (Phi) is 2.11. The normalized spacial score (nSPS) is 9.71. The summed E-state index contributed by atoms with van der Waals surface area (Å²) in [5, 5.41) is -0.00521. The molecule has 0 heterocycles. The first kappa shape index (κ1) is 6.78. The molecule has 0 atom stereocenters. The second-order valence-electron chi connectivity index (χ2n) is 2.00. The van der Waals surface area contributed by atoms with Gasteiger partial charge in [0, 0.05) is 15.3 Å². The highest BCUT2D eigenvalue weighted by Gasteiger charge is 2.02. The van der Waals surface area contributed by atoms with Crippen LogP contribution in [0.15, 0.2) is 0 Å². The summed E-state index contributed by atoms with van der Waals surface area (Å²) in [4.78, 5) is 0. The van der Waals surface area contributed by atoms with E-state index in [-0.39, 0.29) is 5.04 Å². The van der Waals surface area contributed by atoms with Gasteiger partial charge in [0.05, 0.1) is 0 Å². The van der Waals surface area contributed by atoms with Crippen LogP contribution in [0.1, 0.15) is 20.8 Å². The summed E-state index contributed by atoms with van der Waals surface area (Å²) in [6, 6.07) is 0. The van der Waals surface area contributed by atoms with Gasteiger partial charge in [-0.15, -0.1) is 11.8 Å². The van der Waals surface area contributed by atoms with Crippen molar-refractivity contribution in [3.05, 3.63) is 0 Å². The van der Waals surface area contributed by atoms with Crippen LogP contribution in [0.5, 0.6) is 0 Å². The lowest BCUT2D eigenvalue weighted by Crippen LogP contribution is -1.95. The maximum atomic E-state index is 3.41. The fourth-order valence-electron chi connectivity index (χ4n) is 0.312. The third-order valence-electron chi connectivity index (χ3n) is 0.438. The smallest absolute Gasteiger partial charge is 0.0484 e. The van der Waals surface area contributed by atoms with E-state index in [1.165, 1.54) is 0 Å². The van der Waals surface area contributed by atoms with Crippen molar-refractivity contribution in [1.29, 1.82) is 0 Å². The van der Waals surface area contributed by atoms with Crippen LogP contribution < -0.4 is 0 Å². The van der Waals surface area contributed by atoms with E-state index in [1.54, 1.807) is 0 Å². The molecule has 0 aromatic rings. The van der Waals surface area contributed by atoms with Crippen molar-refractivity contribution in [3.63, 3.8) is 0 Å². The molecule has 0 aromatic heterocycles. The molecule has 0 aliphatic rings. The molecule has 0 nitrogen and oxygen atoms in total. The lowest BCUT2D eigenvalue weighted by atomic mass is 10.2. The van der Waals surface area contributed by atoms with Crippen LogP contribution in [0, 0.1) is 11.8 Å². The Bertz CT molecular complexity index is 97.6. The first-order valence-corrected chi connectivity index (χ1v) is 2.75. The molecular formula is C6H9Si. The van der Waals surface area contributed by atoms with Crippen LogP contribution in [0.4, 0.5) is 0 Å². The topological polar surface area (TPSA) is 0 Å². The first-order valence-electron chi connectivity index (χ1n) is 2.25. The molecule has 37 valence electrons. The van der Waals surface area contributed by atoms with Crippen molar-refractivity contribution in [3.8, 4) is 11.8 Å². The Hall–Kier alpha value is -0.223. The van der Waals surface area contributed by atoms with Crippen LogP contribution in [-0.2, 0) is 0 Å². The highest BCUT2D eigenvalue weighted by Crippen LogP contribution is 2.14. The van der Waals surface area contributed by atoms with Crippen LogP contribution in [-0.4, -0.2) is 10.2 Å². The maximum Gasteiger partial charge on any atom is 0.0484 e. The zero-order valence-electron chi connectivity index (χ0n) is 5.00. The molecule has 0 saturated heterocycles. The lowest BCUT2D eigenvalue weighted by Gasteiger charge is -2.05. The maximum absolute atomic E-state index is 3.41. The van der Waals surface area contributed by atoms with Crippen LogP contribution in [0.25, 0.3) is 0 Å². The van der Waals surface area contributed by atoms with E-state index in [1.807, 2.05) is 20.8 Å². The molecule has 0 aliphatic carbocycles. The largest absolute Gasteiger partial charge is 0.107 e. The van der Waals surface area contributed by atoms with Crippen molar-refractivity contribution in [1.82, 2.24) is 0 Å². The highest BCUT2D eigenvalue weighted by molar-refractivity contribution is 6.16. The van der Waals surface area contributed by atoms with Gasteiger partial charge in [0.1, 0.15) is 0 Å². The fourth-order valence-corrected chi connectivity index (χ4v) is 0.438. The molecule has 0 N–H and O–H groups in total. The van der Waals surface area contributed by atoms with Gasteiger partial charge in [-0.25, -0.2) is 0 Å². The fraction of sp³-hybridized carbons (Fsp3) is 0.667. The van der Waals surface area contributed by atoms with E-state index < -0.39 is 0 Å². The summed E-state index contributed by atoms with van der Waals surface area (Å²) in [5.41, 5.74) is 0. The molecule has 0 saturated carbocycles. The molecular weight excluding hydrogens is 100 g/mol. The van der Waals surface area contributed by atoms with Gasteiger partial charge in [0.2, 0.25) is 0 Å². The summed E-state index contributed by atoms with van der Waals surface area (Å²) < 4.78 is 0. The van der Waals surface area contributed by atoms with Gasteiger partial charge in [-0.3, -0.25) is 0 Å². The van der Waals surface area contributed by atoms with Crippen molar-refractivity contribution < 1.29 is 0 Å². The minimum Gasteiger partial charge on any atom is -0.107 e. The van der Waals surface area contributed by atoms with E-state index in [9.17, 15) is 0 Å². The SMILES string of the molecule is CC#CC(C)(C)[Si]. The molecule has 0 spiro atoms. The van der Waals surface area contributed by atoms with Gasteiger partial charge < -0.3 is 0 Å². The molecule has 0 fully saturated rings. The van der Waals surface area contributed by atoms with Gasteiger partial charge in [0.25, 0.3) is 0 Å². The zero-order chi connectivity index (χ0) is 5.91. The number of rotatable bonds is 0. The molecule has 0 unspecified atom stereocenters. The molecule has 0 aromatic carbocycles. The molecule has 7 heavy (non-hydrogen) atoms. The van der Waals surface area contributed by atoms with E-state index in [2.05, 4.69) is 22.1 Å². The minimum absolute atomic E-state index is 0.00521. The molecule has 3 radical (unpaired) electrons. The third-order valence-corrected chi connectivity index (χ3v) is 0.562. The molecule has 1 heteroatoms. The van der Waals surface area contributed by atoms with Crippen molar-refractivity contribution in [2.45, 2.75) is 25.8 Å². The monoisotopic (exact) mass is 109 g/mol. The Morgan fingerprint density at radius 1 is 1.43 bits per heavy atom. The second kappa shape index (κ2) is 2.18. The summed E-state index contributed by atoms with van der Waals surface area (Å²) >= 11 is 0. The van der Waals surface area contributed by atoms with Gasteiger partial charge in [0.15, 0.2) is 0 Å². The van der Waals surface area contributed by atoms with Crippen LogP contribution >= 0.6 is 0 Å². The molecule has 0 rings (SSSR count). The molecule has 0 aliphatic heterocycles. The summed E-state index contributed by atoms with van der Waals surface area (Å²) in [6.45, 7) is 5.86. The molecule has 0 bridgehead atoms. The summed E-state index contributed by atoms with van der Waals surface area (Å²) in [5.74, 6) is 5.76. The minimum atomic E-state index is -0.00521. The lowest BCUT2D eigenvalue weighted by molar-refractivity contribution is 0.895. The Labute approximate surface area is 48.7 Å². The van der Waals surface area contributed by atoms with Gasteiger partial charge in [-0.2, -0.15) is 0 Å². The van der Waals surface area contributed by atoms with Crippen molar-refractivity contribution in [2.24, 2.45) is 0 Å². The predicted octanol–water partition coefficient (Wildman–Crippen LogP) is 1.38. The zero-order valence-corrected chi connectivity index (χ0v) is 6.00. The summed E-state index contributed by atoms with van der Waals surface area (Å²) in [7, 11) is 3.41. The molecule has 0 amide bonds. The Balaban J connectivity index is 3.72. The standard InChI is InChI=1S/C6H9Si/c1-4-5-6(2,3)7/h1-3H3. The van der Waals surface area contributed by atoms with Crippen molar-refractivity contribution >= 4 is 10.2 Å². The highest BCUT2D eigenvalue weighted by atomic mass is 28.1. The van der Waals surface area contributed by atoms with Crippen molar-refractivity contribution in [2.75, 3.05) is 0 Å². The number of hydrogen-bond acceptors (Lipinski definition) is 0. The van der Waals surface area contributed by atoms with Gasteiger partial charge >= 0.3 is 0 Å². The van der Waals surface area contributed by atoms with E-state index in [0.29, 0.717) is 0 Å². The quantitative estimate of drug-likeness (QED) is 0.325. The van der Waals surface area contributed by atoms with Crippen LogP contribution in [0.3, 0.4) is 0 Å². The van der Waals surface area contributed by atoms with Crippen LogP contribution in [0.2, 0.25) is 5.04 Å². The third kappa shape index (κ3) is 5.78. The van der Waals surface area contributed by atoms with E-state index in [0.717, 1.165) is 0 Å². The van der Waals surface area contributed by atoms with E-state index >= 15 is 0 Å². The van der Waals surface area contributed by atoms with Gasteiger partial charge in [-0.1, -0.05) is 13.8 Å². The summed E-state index contributed by atoms with van der Waals surface area (Å²) in [6.07, 6.45) is 0. The second-order valence-corrected chi connectivity index (χ2v) is 3.25. The van der Waals surface area contributed by atoms with Gasteiger partial charge in [-0.05, 0) is 6.92 Å². The average Bonchev–Trinajstić information content (AvgIpc) is 1.30. The van der Waals surface area contributed by atoms with E-state index in [4.69, 9.17) is 0 Å². The first-order chi connectivity index (χ1) is 3.06. The number of hydrogen-bond donors (Lipinski definition) is 0. The Morgan fingerprint density at radius 2 is 1.86 bits per heavy atom. The Morgan fingerprint density at radius 3 is 1.86 bits per heavy atom.